The molecule has 242 valence electrons. The van der Waals surface area contributed by atoms with Crippen LogP contribution in [0.2, 0.25) is 5.02 Å². The van der Waals surface area contributed by atoms with Gasteiger partial charge in [-0.05, 0) is 94.9 Å². The zero-order valence-electron chi connectivity index (χ0n) is 26.6. The Labute approximate surface area is 285 Å². The third-order valence-corrected chi connectivity index (χ3v) is 9.22. The highest BCUT2D eigenvalue weighted by molar-refractivity contribution is 9.10. The molecular weight excluding hydrogens is 686 g/mol. The number of halogens is 2. The van der Waals surface area contributed by atoms with E-state index >= 15 is 0 Å². The summed E-state index contributed by atoms with van der Waals surface area (Å²) in [6.07, 6.45) is 1.55. The van der Waals surface area contributed by atoms with E-state index in [1.165, 1.54) is 11.8 Å². The summed E-state index contributed by atoms with van der Waals surface area (Å²) in [6, 6.07) is 18.6. The summed E-state index contributed by atoms with van der Waals surface area (Å²) >= 11 is 10.4. The number of rotatable bonds is 10. The Kier molecular flexibility index (Phi) is 9.42. The Morgan fingerprint density at radius 3 is 2.62 bits per heavy atom. The lowest BCUT2D eigenvalue weighted by Gasteiger charge is -2.18. The lowest BCUT2D eigenvalue weighted by molar-refractivity contribution is 0.174. The van der Waals surface area contributed by atoms with Gasteiger partial charge in [0.05, 0.1) is 30.8 Å². The first-order valence-corrected chi connectivity index (χ1v) is 16.3. The first-order chi connectivity index (χ1) is 22.7. The molecule has 0 N–H and O–H groups in total. The lowest BCUT2D eigenvalue weighted by atomic mass is 9.96. The summed E-state index contributed by atoms with van der Waals surface area (Å²) in [6.45, 7) is 9.10. The van der Waals surface area contributed by atoms with Crippen molar-refractivity contribution in [3.8, 4) is 40.1 Å². The number of aryl methyl sites for hydroxylation is 1. The second kappa shape index (κ2) is 13.7. The van der Waals surface area contributed by atoms with Gasteiger partial charge < -0.3 is 23.7 Å². The number of benzene rings is 4. The molecule has 1 aromatic heterocycles. The van der Waals surface area contributed by atoms with E-state index in [0.717, 1.165) is 28.0 Å². The van der Waals surface area contributed by atoms with E-state index in [-0.39, 0.29) is 24.9 Å². The highest BCUT2D eigenvalue weighted by Crippen LogP contribution is 2.43. The van der Waals surface area contributed by atoms with Crippen LogP contribution < -0.4 is 29.2 Å². The summed E-state index contributed by atoms with van der Waals surface area (Å²) in [5.74, 6) is 3.50. The van der Waals surface area contributed by atoms with Crippen LogP contribution in [-0.4, -0.2) is 36.4 Å². The van der Waals surface area contributed by atoms with Gasteiger partial charge in [-0.25, -0.2) is 4.98 Å². The summed E-state index contributed by atoms with van der Waals surface area (Å²) < 4.78 is 30.4. The van der Waals surface area contributed by atoms with E-state index in [2.05, 4.69) is 34.9 Å². The Morgan fingerprint density at radius 1 is 1.06 bits per heavy atom. The van der Waals surface area contributed by atoms with Gasteiger partial charge in [0.2, 0.25) is 6.79 Å². The number of fused-ring (bicyclic) bond motifs is 2. The molecule has 0 fully saturated rings. The molecular formula is C36H33BrClN3O6. The first kappa shape index (κ1) is 32.4. The number of ether oxygens (including phenoxy) is 5. The molecule has 0 unspecified atom stereocenters. The van der Waals surface area contributed by atoms with Crippen molar-refractivity contribution in [2.75, 3.05) is 20.5 Å². The Hall–Kier alpha value is -4.54. The van der Waals surface area contributed by atoms with Gasteiger partial charge in [0.15, 0.2) is 28.8 Å². The number of nitrogens with zero attached hydrogens (tertiary/aromatic N) is 3. The van der Waals surface area contributed by atoms with Crippen LogP contribution in [0.4, 0.5) is 0 Å². The van der Waals surface area contributed by atoms with Gasteiger partial charge in [-0.15, -0.1) is 0 Å². The maximum atomic E-state index is 13.9. The normalized spacial score (nSPS) is 12.3. The van der Waals surface area contributed by atoms with Crippen molar-refractivity contribution >= 4 is 44.6 Å². The third kappa shape index (κ3) is 6.40. The monoisotopic (exact) mass is 717 g/mol. The second-order valence-electron chi connectivity index (χ2n) is 11.2. The Balaban J connectivity index is 1.41. The van der Waals surface area contributed by atoms with Gasteiger partial charge in [-0.2, -0.15) is 9.78 Å². The van der Waals surface area contributed by atoms with Crippen molar-refractivity contribution in [2.45, 2.75) is 40.2 Å². The van der Waals surface area contributed by atoms with Gasteiger partial charge >= 0.3 is 0 Å². The Morgan fingerprint density at radius 2 is 1.85 bits per heavy atom. The molecule has 5 aromatic rings. The zero-order chi connectivity index (χ0) is 33.2. The molecule has 1 aliphatic rings. The maximum Gasteiger partial charge on any atom is 0.282 e. The number of hydrogen-bond acceptors (Lipinski definition) is 8. The average Bonchev–Trinajstić information content (AvgIpc) is 3.54. The summed E-state index contributed by atoms with van der Waals surface area (Å²) in [7, 11) is 1.53. The van der Waals surface area contributed by atoms with Crippen LogP contribution in [0.25, 0.3) is 22.3 Å². The van der Waals surface area contributed by atoms with Crippen molar-refractivity contribution in [3.05, 3.63) is 103 Å². The van der Waals surface area contributed by atoms with E-state index < -0.39 is 0 Å². The molecule has 0 bridgehead atoms. The summed E-state index contributed by atoms with van der Waals surface area (Å²) in [5, 5.41) is 5.42. The van der Waals surface area contributed by atoms with Crippen LogP contribution in [0.1, 0.15) is 48.9 Å². The number of methoxy groups -OCH3 is 1. The van der Waals surface area contributed by atoms with Crippen molar-refractivity contribution < 1.29 is 23.7 Å². The lowest BCUT2D eigenvalue weighted by Crippen LogP contribution is -2.21. The summed E-state index contributed by atoms with van der Waals surface area (Å²) in [5.41, 5.74) is 4.40. The molecule has 0 aliphatic carbocycles. The summed E-state index contributed by atoms with van der Waals surface area (Å²) in [4.78, 5) is 18.9. The van der Waals surface area contributed by atoms with Crippen LogP contribution >= 0.6 is 27.5 Å². The average molecular weight is 719 g/mol. The molecule has 47 heavy (non-hydrogen) atoms. The SMILES string of the molecule is CCOc1cc(C)c(-c2nc3ccccc3c(=O)n2N=Cc2cc(OC)c(OCc3ccc4c(c3)OCO4)c(Cl)c2Br)cc1C(C)C. The van der Waals surface area contributed by atoms with Crippen LogP contribution in [0.15, 0.2) is 75.0 Å². The minimum Gasteiger partial charge on any atom is -0.494 e. The number of hydrogen-bond donors (Lipinski definition) is 0. The molecule has 0 saturated carbocycles. The highest BCUT2D eigenvalue weighted by Gasteiger charge is 2.21. The smallest absolute Gasteiger partial charge is 0.282 e. The molecule has 6 rings (SSSR count). The van der Waals surface area contributed by atoms with E-state index in [9.17, 15) is 4.79 Å². The van der Waals surface area contributed by atoms with Crippen molar-refractivity contribution in [1.29, 1.82) is 0 Å². The predicted octanol–water partition coefficient (Wildman–Crippen LogP) is 8.51. The van der Waals surface area contributed by atoms with E-state index in [1.54, 1.807) is 18.3 Å². The third-order valence-electron chi connectivity index (χ3n) is 7.78. The molecule has 0 spiro atoms. The van der Waals surface area contributed by atoms with Crippen LogP contribution in [0, 0.1) is 6.92 Å². The topological polar surface area (TPSA) is 93.4 Å². The van der Waals surface area contributed by atoms with Crippen LogP contribution in [0.5, 0.6) is 28.7 Å². The van der Waals surface area contributed by atoms with Crippen LogP contribution in [0.3, 0.4) is 0 Å². The molecule has 0 saturated heterocycles. The molecule has 9 nitrogen and oxygen atoms in total. The fraction of sp³-hybridized carbons (Fsp3) is 0.250. The minimum atomic E-state index is -0.306. The highest BCUT2D eigenvalue weighted by atomic mass is 79.9. The molecule has 11 heteroatoms. The number of aromatic nitrogens is 2. The molecule has 1 aliphatic heterocycles. The van der Waals surface area contributed by atoms with Crippen molar-refractivity contribution in [1.82, 2.24) is 9.66 Å². The molecule has 4 aromatic carbocycles. The molecule has 0 atom stereocenters. The van der Waals surface area contributed by atoms with Gasteiger partial charge in [0, 0.05) is 15.6 Å². The zero-order valence-corrected chi connectivity index (χ0v) is 28.9. The standard InChI is InChI=1S/C36H33BrClN3O6/c1-6-44-29-13-21(4)26(16-25(29)20(2)3)35-40-27-10-8-7-9-24(27)36(42)41(35)39-17-23-15-31(43-5)34(33(38)32(23)37)45-18-22-11-12-28-30(14-22)47-19-46-28/h7-17,20H,6,18-19H2,1-5H3. The Bertz CT molecular complexity index is 2080. The minimum absolute atomic E-state index is 0.177. The van der Waals surface area contributed by atoms with Gasteiger partial charge in [-0.1, -0.05) is 43.6 Å². The van der Waals surface area contributed by atoms with Crippen molar-refractivity contribution in [2.24, 2.45) is 5.10 Å². The van der Waals surface area contributed by atoms with E-state index in [1.807, 2.05) is 62.4 Å². The quantitative estimate of drug-likeness (QED) is 0.134. The largest absolute Gasteiger partial charge is 0.494 e. The van der Waals surface area contributed by atoms with Crippen molar-refractivity contribution in [3.63, 3.8) is 0 Å². The maximum absolute atomic E-state index is 13.9. The van der Waals surface area contributed by atoms with Gasteiger partial charge in [0.1, 0.15) is 17.4 Å². The van der Waals surface area contributed by atoms with Gasteiger partial charge in [-0.3, -0.25) is 4.79 Å². The van der Waals surface area contributed by atoms with Crippen LogP contribution in [-0.2, 0) is 6.61 Å². The second-order valence-corrected chi connectivity index (χ2v) is 12.4. The molecule has 2 heterocycles. The van der Waals surface area contributed by atoms with E-state index in [4.69, 9.17) is 40.3 Å². The van der Waals surface area contributed by atoms with E-state index in [0.29, 0.717) is 61.4 Å². The number of para-hydroxylation sites is 1. The molecule has 0 radical (unpaired) electrons. The fourth-order valence-electron chi connectivity index (χ4n) is 5.37. The fourth-order valence-corrected chi connectivity index (χ4v) is 6.02. The molecule has 0 amide bonds. The predicted molar refractivity (Wildman–Crippen MR) is 187 cm³/mol. The first-order valence-electron chi connectivity index (χ1n) is 15.1. The van der Waals surface area contributed by atoms with Gasteiger partial charge in [0.25, 0.3) is 5.56 Å².